The quantitative estimate of drug-likeness (QED) is 0.725. The number of carbonyl (C=O) groups is 2. The second kappa shape index (κ2) is 7.48. The van der Waals surface area contributed by atoms with E-state index in [1.807, 2.05) is 0 Å². The highest BCUT2D eigenvalue weighted by molar-refractivity contribution is 6.30. The van der Waals surface area contributed by atoms with Gasteiger partial charge >= 0.3 is 0 Å². The predicted octanol–water partition coefficient (Wildman–Crippen LogP) is 2.78. The SMILES string of the molecule is O=C(c1cccc(Cl)c1)N1CCN(C(=O)c2ccc3[nH]c(=O)ccc3c2)CC1. The normalized spacial score (nSPS) is 14.3. The summed E-state index contributed by atoms with van der Waals surface area (Å²) in [5, 5.41) is 1.33. The molecule has 0 aliphatic carbocycles. The van der Waals surface area contributed by atoms with Crippen molar-refractivity contribution < 1.29 is 9.59 Å². The molecule has 0 radical (unpaired) electrons. The van der Waals surface area contributed by atoms with E-state index in [-0.39, 0.29) is 17.4 Å². The van der Waals surface area contributed by atoms with Crippen molar-refractivity contribution in [3.05, 3.63) is 81.1 Å². The first-order valence-electron chi connectivity index (χ1n) is 8.98. The van der Waals surface area contributed by atoms with Gasteiger partial charge in [-0.1, -0.05) is 17.7 Å². The minimum atomic E-state index is -0.174. The summed E-state index contributed by atoms with van der Waals surface area (Å²) >= 11 is 5.97. The van der Waals surface area contributed by atoms with Crippen molar-refractivity contribution in [2.24, 2.45) is 0 Å². The van der Waals surface area contributed by atoms with Crippen LogP contribution in [0, 0.1) is 0 Å². The molecular formula is C21H18ClN3O3. The summed E-state index contributed by atoms with van der Waals surface area (Å²) in [6, 6.07) is 15.2. The molecule has 1 aromatic heterocycles. The number of aromatic nitrogens is 1. The van der Waals surface area contributed by atoms with Gasteiger partial charge in [-0.3, -0.25) is 14.4 Å². The van der Waals surface area contributed by atoms with E-state index < -0.39 is 0 Å². The summed E-state index contributed by atoms with van der Waals surface area (Å²) in [4.78, 5) is 43.0. The highest BCUT2D eigenvalue weighted by Gasteiger charge is 2.25. The minimum Gasteiger partial charge on any atom is -0.335 e. The summed E-state index contributed by atoms with van der Waals surface area (Å²) in [5.74, 6) is -0.160. The number of carbonyl (C=O) groups excluding carboxylic acids is 2. The standard InChI is InChI=1S/C21H18ClN3O3/c22-17-3-1-2-15(13-17)20(27)24-8-10-25(11-9-24)21(28)16-4-6-18-14(12-16)5-7-19(26)23-18/h1-7,12-13H,8-11H2,(H,23,26). The van der Waals surface area contributed by atoms with Crippen molar-refractivity contribution in [3.8, 4) is 0 Å². The van der Waals surface area contributed by atoms with Crippen LogP contribution in [0.4, 0.5) is 0 Å². The molecule has 0 unspecified atom stereocenters. The molecule has 0 atom stereocenters. The Labute approximate surface area is 166 Å². The fraction of sp³-hybridized carbons (Fsp3) is 0.190. The molecule has 7 heteroatoms. The molecular weight excluding hydrogens is 378 g/mol. The van der Waals surface area contributed by atoms with Gasteiger partial charge in [0.25, 0.3) is 11.8 Å². The van der Waals surface area contributed by atoms with E-state index in [0.29, 0.717) is 47.8 Å². The lowest BCUT2D eigenvalue weighted by Gasteiger charge is -2.35. The molecule has 1 aliphatic heterocycles. The van der Waals surface area contributed by atoms with Gasteiger partial charge in [-0.25, -0.2) is 0 Å². The monoisotopic (exact) mass is 395 g/mol. The Hall–Kier alpha value is -3.12. The maximum absolute atomic E-state index is 12.8. The summed E-state index contributed by atoms with van der Waals surface area (Å²) in [7, 11) is 0. The van der Waals surface area contributed by atoms with Crippen molar-refractivity contribution in [3.63, 3.8) is 0 Å². The number of H-pyrrole nitrogens is 1. The average molecular weight is 396 g/mol. The third-order valence-corrected chi connectivity index (χ3v) is 5.13. The smallest absolute Gasteiger partial charge is 0.254 e. The van der Waals surface area contributed by atoms with Crippen LogP contribution in [-0.4, -0.2) is 52.8 Å². The van der Waals surface area contributed by atoms with Crippen LogP contribution in [0.3, 0.4) is 0 Å². The van der Waals surface area contributed by atoms with E-state index in [1.54, 1.807) is 58.3 Å². The highest BCUT2D eigenvalue weighted by Crippen LogP contribution is 2.17. The third kappa shape index (κ3) is 3.64. The van der Waals surface area contributed by atoms with Crippen molar-refractivity contribution in [1.29, 1.82) is 0 Å². The molecule has 1 saturated heterocycles. The second-order valence-corrected chi connectivity index (χ2v) is 7.16. The van der Waals surface area contributed by atoms with Crippen LogP contribution in [0.5, 0.6) is 0 Å². The van der Waals surface area contributed by atoms with Gasteiger partial charge in [-0.15, -0.1) is 0 Å². The number of hydrogen-bond donors (Lipinski definition) is 1. The van der Waals surface area contributed by atoms with E-state index in [4.69, 9.17) is 11.6 Å². The Morgan fingerprint density at radius 3 is 2.11 bits per heavy atom. The first kappa shape index (κ1) is 18.3. The molecule has 0 spiro atoms. The summed E-state index contributed by atoms with van der Waals surface area (Å²) in [6.07, 6.45) is 0. The van der Waals surface area contributed by atoms with Gasteiger partial charge < -0.3 is 14.8 Å². The minimum absolute atomic E-state index is 0.0794. The van der Waals surface area contributed by atoms with Crippen LogP contribution >= 0.6 is 11.6 Å². The Kier molecular flexibility index (Phi) is 4.88. The van der Waals surface area contributed by atoms with Crippen LogP contribution in [-0.2, 0) is 0 Å². The van der Waals surface area contributed by atoms with E-state index in [1.165, 1.54) is 6.07 Å². The van der Waals surface area contributed by atoms with Crippen molar-refractivity contribution in [2.75, 3.05) is 26.2 Å². The molecule has 28 heavy (non-hydrogen) atoms. The zero-order chi connectivity index (χ0) is 19.7. The lowest BCUT2D eigenvalue weighted by molar-refractivity contribution is 0.0535. The fourth-order valence-corrected chi connectivity index (χ4v) is 3.58. The number of aromatic amines is 1. The number of pyridine rings is 1. The number of amides is 2. The molecule has 0 bridgehead atoms. The van der Waals surface area contributed by atoms with Gasteiger partial charge in [0.15, 0.2) is 0 Å². The van der Waals surface area contributed by atoms with E-state index in [0.717, 1.165) is 5.39 Å². The van der Waals surface area contributed by atoms with Gasteiger partial charge in [0, 0.05) is 53.9 Å². The van der Waals surface area contributed by atoms with Gasteiger partial charge in [0.2, 0.25) is 5.56 Å². The lowest BCUT2D eigenvalue weighted by Crippen LogP contribution is -2.50. The van der Waals surface area contributed by atoms with E-state index >= 15 is 0 Å². The Bertz CT molecular complexity index is 1120. The molecule has 2 aromatic carbocycles. The maximum Gasteiger partial charge on any atom is 0.254 e. The Morgan fingerprint density at radius 2 is 1.46 bits per heavy atom. The maximum atomic E-state index is 12.8. The second-order valence-electron chi connectivity index (χ2n) is 6.72. The zero-order valence-electron chi connectivity index (χ0n) is 15.0. The van der Waals surface area contributed by atoms with Crippen LogP contribution in [0.1, 0.15) is 20.7 Å². The largest absolute Gasteiger partial charge is 0.335 e. The number of halogens is 1. The molecule has 0 saturated carbocycles. The first-order chi connectivity index (χ1) is 13.5. The van der Waals surface area contributed by atoms with Crippen molar-refractivity contribution in [2.45, 2.75) is 0 Å². The Balaban J connectivity index is 1.44. The number of benzene rings is 2. The molecule has 1 N–H and O–H groups in total. The predicted molar refractivity (Wildman–Crippen MR) is 108 cm³/mol. The third-order valence-electron chi connectivity index (χ3n) is 4.90. The lowest BCUT2D eigenvalue weighted by atomic mass is 10.1. The van der Waals surface area contributed by atoms with E-state index in [2.05, 4.69) is 4.98 Å². The first-order valence-corrected chi connectivity index (χ1v) is 9.36. The van der Waals surface area contributed by atoms with Gasteiger partial charge in [0.1, 0.15) is 0 Å². The molecule has 2 amide bonds. The molecule has 4 rings (SSSR count). The number of hydrogen-bond acceptors (Lipinski definition) is 3. The zero-order valence-corrected chi connectivity index (χ0v) is 15.8. The van der Waals surface area contributed by atoms with E-state index in [9.17, 15) is 14.4 Å². The van der Waals surface area contributed by atoms with Gasteiger partial charge in [-0.05, 0) is 47.9 Å². The van der Waals surface area contributed by atoms with Crippen molar-refractivity contribution in [1.82, 2.24) is 14.8 Å². The fourth-order valence-electron chi connectivity index (χ4n) is 3.39. The van der Waals surface area contributed by atoms with Crippen LogP contribution in [0.2, 0.25) is 5.02 Å². The Morgan fingerprint density at radius 1 is 0.821 bits per heavy atom. The molecule has 3 aromatic rings. The number of piperazine rings is 1. The van der Waals surface area contributed by atoms with Crippen LogP contribution in [0.25, 0.3) is 10.9 Å². The molecule has 2 heterocycles. The number of fused-ring (bicyclic) bond motifs is 1. The van der Waals surface area contributed by atoms with Gasteiger partial charge in [-0.2, -0.15) is 0 Å². The summed E-state index contributed by atoms with van der Waals surface area (Å²) in [6.45, 7) is 1.87. The number of rotatable bonds is 2. The highest BCUT2D eigenvalue weighted by atomic mass is 35.5. The molecule has 1 fully saturated rings. The van der Waals surface area contributed by atoms with Gasteiger partial charge in [0.05, 0.1) is 0 Å². The van der Waals surface area contributed by atoms with Crippen molar-refractivity contribution >= 4 is 34.3 Å². The molecule has 6 nitrogen and oxygen atoms in total. The average Bonchev–Trinajstić information content (AvgIpc) is 2.72. The number of nitrogens with one attached hydrogen (secondary N) is 1. The summed E-state index contributed by atoms with van der Waals surface area (Å²) < 4.78 is 0. The molecule has 142 valence electrons. The topological polar surface area (TPSA) is 73.5 Å². The summed E-state index contributed by atoms with van der Waals surface area (Å²) in [5.41, 5.74) is 1.64. The van der Waals surface area contributed by atoms with Crippen LogP contribution in [0.15, 0.2) is 59.4 Å². The molecule has 1 aliphatic rings. The van der Waals surface area contributed by atoms with Crippen LogP contribution < -0.4 is 5.56 Å². The number of nitrogens with zero attached hydrogens (tertiary/aromatic N) is 2.